The number of sulfonamides is 1. The topological polar surface area (TPSA) is 46.2 Å². The average molecular weight is 422 g/mol. The predicted octanol–water partition coefficient (Wildman–Crippen LogP) is 5.27. The van der Waals surface area contributed by atoms with E-state index in [-0.39, 0.29) is 19.9 Å². The van der Waals surface area contributed by atoms with Crippen molar-refractivity contribution < 1.29 is 8.42 Å². The number of rotatable bonds is 3. The Bertz CT molecular complexity index is 707. The molecule has 2 rings (SSSR count). The van der Waals surface area contributed by atoms with Crippen LogP contribution in [0.5, 0.6) is 0 Å². The lowest BCUT2D eigenvalue weighted by atomic mass is 10.3. The molecule has 0 atom stereocenters. The summed E-state index contributed by atoms with van der Waals surface area (Å²) >= 11 is 21.9. The Morgan fingerprint density at radius 1 is 1.11 bits per heavy atom. The van der Waals surface area contributed by atoms with Crippen molar-refractivity contribution in [2.24, 2.45) is 0 Å². The van der Waals surface area contributed by atoms with Crippen LogP contribution in [0.2, 0.25) is 15.1 Å². The van der Waals surface area contributed by atoms with Gasteiger partial charge in [-0.15, -0.1) is 11.3 Å². The highest BCUT2D eigenvalue weighted by molar-refractivity contribution is 9.11. The first-order valence-electron chi connectivity index (χ1n) is 4.72. The van der Waals surface area contributed by atoms with Crippen molar-refractivity contribution in [3.05, 3.63) is 43.1 Å². The molecule has 1 heterocycles. The zero-order chi connectivity index (χ0) is 14.2. The van der Waals surface area contributed by atoms with Crippen molar-refractivity contribution in [2.75, 3.05) is 4.72 Å². The molecule has 0 saturated heterocycles. The van der Waals surface area contributed by atoms with E-state index in [4.69, 9.17) is 34.8 Å². The fraction of sp³-hybridized carbons (Fsp3) is 0. The maximum atomic E-state index is 12.1. The lowest BCUT2D eigenvalue weighted by Crippen LogP contribution is -2.12. The smallest absolute Gasteiger partial charge is 0.271 e. The zero-order valence-corrected chi connectivity index (χ0v) is 14.4. The van der Waals surface area contributed by atoms with E-state index in [1.807, 2.05) is 0 Å². The molecule has 3 nitrogen and oxygen atoms in total. The van der Waals surface area contributed by atoms with Crippen LogP contribution >= 0.6 is 62.1 Å². The van der Waals surface area contributed by atoms with E-state index in [0.29, 0.717) is 8.81 Å². The molecule has 2 aromatic rings. The quantitative estimate of drug-likeness (QED) is 0.734. The summed E-state index contributed by atoms with van der Waals surface area (Å²) in [5, 5.41) is 0.602. The van der Waals surface area contributed by atoms with Crippen molar-refractivity contribution >= 4 is 77.8 Å². The Labute approximate surface area is 137 Å². The molecule has 9 heteroatoms. The van der Waals surface area contributed by atoms with E-state index >= 15 is 0 Å². The molecule has 0 amide bonds. The van der Waals surface area contributed by atoms with E-state index in [0.717, 1.165) is 11.3 Å². The van der Waals surface area contributed by atoms with Crippen LogP contribution in [0.1, 0.15) is 0 Å². The van der Waals surface area contributed by atoms with Crippen LogP contribution in [0.15, 0.2) is 32.3 Å². The molecule has 1 aromatic carbocycles. The highest BCUT2D eigenvalue weighted by Gasteiger charge is 2.20. The Morgan fingerprint density at radius 3 is 2.16 bits per heavy atom. The molecule has 102 valence electrons. The van der Waals surface area contributed by atoms with Gasteiger partial charge in [0.25, 0.3) is 10.0 Å². The molecule has 1 N–H and O–H groups in total. The zero-order valence-electron chi connectivity index (χ0n) is 8.95. The molecule has 0 aliphatic heterocycles. The minimum atomic E-state index is -3.72. The summed E-state index contributed by atoms with van der Waals surface area (Å²) in [7, 11) is -3.72. The van der Waals surface area contributed by atoms with Crippen LogP contribution in [0, 0.1) is 0 Å². The second-order valence-electron chi connectivity index (χ2n) is 3.41. The van der Waals surface area contributed by atoms with Crippen molar-refractivity contribution in [1.82, 2.24) is 0 Å². The third-order valence-corrected chi connectivity index (χ3v) is 6.34. The standard InChI is InChI=1S/C10H5BrCl3NO2S2/c11-8-1-2-9(18-8)19(16,17)15-10-6(13)3-5(12)4-7(10)14/h1-4,15H. The van der Waals surface area contributed by atoms with Crippen molar-refractivity contribution in [3.8, 4) is 0 Å². The van der Waals surface area contributed by atoms with Gasteiger partial charge in [-0.3, -0.25) is 4.72 Å². The van der Waals surface area contributed by atoms with E-state index in [9.17, 15) is 8.42 Å². The van der Waals surface area contributed by atoms with Gasteiger partial charge in [-0.2, -0.15) is 0 Å². The number of hydrogen-bond donors (Lipinski definition) is 1. The van der Waals surface area contributed by atoms with Gasteiger partial charge in [0.15, 0.2) is 0 Å². The number of anilines is 1. The SMILES string of the molecule is O=S(=O)(Nc1c(Cl)cc(Cl)cc1Cl)c1ccc(Br)s1. The van der Waals surface area contributed by atoms with Crippen LogP contribution in [0.3, 0.4) is 0 Å². The number of nitrogens with one attached hydrogen (secondary N) is 1. The fourth-order valence-corrected chi connectivity index (χ4v) is 5.40. The Hall–Kier alpha value is 0.0200. The number of hydrogen-bond acceptors (Lipinski definition) is 3. The van der Waals surface area contributed by atoms with Crippen molar-refractivity contribution in [2.45, 2.75) is 4.21 Å². The van der Waals surface area contributed by atoms with Gasteiger partial charge in [-0.1, -0.05) is 34.8 Å². The number of benzene rings is 1. The molecule has 0 radical (unpaired) electrons. The lowest BCUT2D eigenvalue weighted by molar-refractivity contribution is 0.603. The molecule has 0 spiro atoms. The van der Waals surface area contributed by atoms with Gasteiger partial charge >= 0.3 is 0 Å². The normalized spacial score (nSPS) is 11.6. The summed E-state index contributed by atoms with van der Waals surface area (Å²) in [5.41, 5.74) is 0.109. The largest absolute Gasteiger partial charge is 0.276 e. The van der Waals surface area contributed by atoms with Crippen LogP contribution in [0.4, 0.5) is 5.69 Å². The molecule has 0 unspecified atom stereocenters. The summed E-state index contributed by atoms with van der Waals surface area (Å²) in [4.78, 5) is 0. The molecular weight excluding hydrogens is 417 g/mol. The van der Waals surface area contributed by atoms with E-state index in [1.54, 1.807) is 6.07 Å². The van der Waals surface area contributed by atoms with Gasteiger partial charge in [0, 0.05) is 5.02 Å². The van der Waals surface area contributed by atoms with E-state index in [1.165, 1.54) is 18.2 Å². The molecule has 0 aliphatic carbocycles. The van der Waals surface area contributed by atoms with E-state index in [2.05, 4.69) is 20.7 Å². The van der Waals surface area contributed by atoms with Gasteiger partial charge < -0.3 is 0 Å². The summed E-state index contributed by atoms with van der Waals surface area (Å²) < 4.78 is 27.5. The molecule has 1 aromatic heterocycles. The van der Waals surface area contributed by atoms with Crippen LogP contribution in [0.25, 0.3) is 0 Å². The Kier molecular flexibility index (Phi) is 4.70. The third kappa shape index (κ3) is 3.56. The van der Waals surface area contributed by atoms with Crippen LogP contribution < -0.4 is 4.72 Å². The summed E-state index contributed by atoms with van der Waals surface area (Å²) in [5.74, 6) is 0. The lowest BCUT2D eigenvalue weighted by Gasteiger charge is -2.10. The van der Waals surface area contributed by atoms with Crippen LogP contribution in [-0.2, 0) is 10.0 Å². The predicted molar refractivity (Wildman–Crippen MR) is 84.3 cm³/mol. The second kappa shape index (κ2) is 5.79. The fourth-order valence-electron chi connectivity index (χ4n) is 1.27. The maximum Gasteiger partial charge on any atom is 0.271 e. The van der Waals surface area contributed by atoms with Crippen molar-refractivity contribution in [3.63, 3.8) is 0 Å². The molecule has 0 fully saturated rings. The van der Waals surface area contributed by atoms with Gasteiger partial charge in [0.05, 0.1) is 19.5 Å². The first-order chi connectivity index (χ1) is 8.79. The van der Waals surface area contributed by atoms with Gasteiger partial charge in [0.2, 0.25) is 0 Å². The summed E-state index contributed by atoms with van der Waals surface area (Å²) in [6.45, 7) is 0. The summed E-state index contributed by atoms with van der Waals surface area (Å²) in [6, 6.07) is 5.95. The van der Waals surface area contributed by atoms with Gasteiger partial charge in [0.1, 0.15) is 4.21 Å². The van der Waals surface area contributed by atoms with Crippen LogP contribution in [-0.4, -0.2) is 8.42 Å². The Balaban J connectivity index is 2.41. The van der Waals surface area contributed by atoms with E-state index < -0.39 is 10.0 Å². The highest BCUT2D eigenvalue weighted by atomic mass is 79.9. The average Bonchev–Trinajstić information content (AvgIpc) is 2.71. The Morgan fingerprint density at radius 2 is 1.68 bits per heavy atom. The number of thiophene rings is 1. The number of halogens is 4. The second-order valence-corrected chi connectivity index (χ2v) is 9.03. The monoisotopic (exact) mass is 419 g/mol. The maximum absolute atomic E-state index is 12.1. The molecule has 0 aliphatic rings. The minimum absolute atomic E-state index is 0.109. The first kappa shape index (κ1) is 15.4. The van der Waals surface area contributed by atoms with Gasteiger partial charge in [-0.25, -0.2) is 8.42 Å². The van der Waals surface area contributed by atoms with Crippen molar-refractivity contribution in [1.29, 1.82) is 0 Å². The molecular formula is C10H5BrCl3NO2S2. The minimum Gasteiger partial charge on any atom is -0.276 e. The molecule has 0 saturated carbocycles. The van der Waals surface area contributed by atoms with Gasteiger partial charge in [-0.05, 0) is 40.2 Å². The summed E-state index contributed by atoms with van der Waals surface area (Å²) in [6.07, 6.45) is 0. The third-order valence-electron chi connectivity index (χ3n) is 2.06. The first-order valence-corrected chi connectivity index (χ1v) is 8.95. The molecule has 0 bridgehead atoms. The highest BCUT2D eigenvalue weighted by Crippen LogP contribution is 2.36. The molecule has 19 heavy (non-hydrogen) atoms.